The molecule has 1 unspecified atom stereocenters. The van der Waals surface area contributed by atoms with Crippen LogP contribution in [-0.4, -0.2) is 26.5 Å². The third-order valence-electron chi connectivity index (χ3n) is 3.20. The number of hydrogen-bond donors (Lipinski definition) is 0. The molecule has 2 aromatic carbocycles. The van der Waals surface area contributed by atoms with Crippen LogP contribution in [0.3, 0.4) is 0 Å². The number of rotatable bonds is 5. The van der Waals surface area contributed by atoms with E-state index in [0.29, 0.717) is 12.2 Å². The molecule has 3 rings (SSSR count). The lowest BCUT2D eigenvalue weighted by Gasteiger charge is -2.16. The zero-order valence-corrected chi connectivity index (χ0v) is 11.9. The van der Waals surface area contributed by atoms with Crippen molar-refractivity contribution in [2.45, 2.75) is 13.2 Å². The van der Waals surface area contributed by atoms with Gasteiger partial charge in [-0.25, -0.2) is 0 Å². The molecule has 0 saturated carbocycles. The third-order valence-corrected chi connectivity index (χ3v) is 3.20. The van der Waals surface area contributed by atoms with Crippen molar-refractivity contribution in [3.8, 4) is 0 Å². The molecular formula is C15H14N4O3. The highest BCUT2D eigenvalue weighted by molar-refractivity contribution is 5.73. The van der Waals surface area contributed by atoms with Crippen molar-refractivity contribution in [2.24, 2.45) is 0 Å². The number of nitro groups is 1. The van der Waals surface area contributed by atoms with Crippen molar-refractivity contribution in [1.29, 1.82) is 0 Å². The molecule has 0 saturated heterocycles. The Kier molecular flexibility index (Phi) is 3.80. The predicted octanol–water partition coefficient (Wildman–Crippen LogP) is 2.92. The Hall–Kier alpha value is -2.80. The Bertz CT molecular complexity index is 782. The van der Waals surface area contributed by atoms with Crippen LogP contribution in [0, 0.1) is 10.1 Å². The highest BCUT2D eigenvalue weighted by atomic mass is 16.6. The number of ether oxygens (including phenoxy) is 1. The summed E-state index contributed by atoms with van der Waals surface area (Å²) < 4.78 is 5.69. The number of non-ortho nitro benzene ring substituents is 1. The first-order chi connectivity index (χ1) is 10.7. The average Bonchev–Trinajstić information content (AvgIpc) is 2.96. The SMILES string of the molecule is CCOC(c1cccc([N+](=O)[O-])c1)n1nc2ccccc2n1. The molecular weight excluding hydrogens is 284 g/mol. The van der Waals surface area contributed by atoms with E-state index in [0.717, 1.165) is 11.0 Å². The monoisotopic (exact) mass is 298 g/mol. The molecule has 0 amide bonds. The minimum Gasteiger partial charge on any atom is -0.351 e. The fourth-order valence-corrected chi connectivity index (χ4v) is 2.23. The van der Waals surface area contributed by atoms with E-state index in [1.165, 1.54) is 16.9 Å². The van der Waals surface area contributed by atoms with E-state index in [9.17, 15) is 10.1 Å². The van der Waals surface area contributed by atoms with Crippen molar-refractivity contribution in [1.82, 2.24) is 15.0 Å². The summed E-state index contributed by atoms with van der Waals surface area (Å²) in [4.78, 5) is 12.0. The fourth-order valence-electron chi connectivity index (χ4n) is 2.23. The van der Waals surface area contributed by atoms with Gasteiger partial charge in [-0.05, 0) is 19.1 Å². The van der Waals surface area contributed by atoms with Crippen LogP contribution in [-0.2, 0) is 4.74 Å². The van der Waals surface area contributed by atoms with Gasteiger partial charge in [0, 0.05) is 24.3 Å². The first kappa shape index (κ1) is 14.2. The molecule has 7 nitrogen and oxygen atoms in total. The summed E-state index contributed by atoms with van der Waals surface area (Å²) in [5, 5.41) is 19.7. The van der Waals surface area contributed by atoms with Gasteiger partial charge in [0.1, 0.15) is 11.0 Å². The van der Waals surface area contributed by atoms with Crippen LogP contribution in [0.1, 0.15) is 18.7 Å². The molecule has 0 N–H and O–H groups in total. The summed E-state index contributed by atoms with van der Waals surface area (Å²) in [6.45, 7) is 2.29. The topological polar surface area (TPSA) is 83.1 Å². The number of nitrogens with zero attached hydrogens (tertiary/aromatic N) is 4. The van der Waals surface area contributed by atoms with Crippen molar-refractivity contribution in [3.05, 3.63) is 64.2 Å². The predicted molar refractivity (Wildman–Crippen MR) is 80.4 cm³/mol. The molecule has 1 atom stereocenters. The Morgan fingerprint density at radius 2 is 1.86 bits per heavy atom. The van der Waals surface area contributed by atoms with Crippen molar-refractivity contribution in [2.75, 3.05) is 6.61 Å². The zero-order chi connectivity index (χ0) is 15.5. The number of aromatic nitrogens is 3. The lowest BCUT2D eigenvalue weighted by atomic mass is 10.2. The van der Waals surface area contributed by atoms with Crippen LogP contribution >= 0.6 is 0 Å². The van der Waals surface area contributed by atoms with Crippen LogP contribution in [0.4, 0.5) is 5.69 Å². The Morgan fingerprint density at radius 3 is 2.45 bits per heavy atom. The summed E-state index contributed by atoms with van der Waals surface area (Å²) >= 11 is 0. The number of fused-ring (bicyclic) bond motifs is 1. The van der Waals surface area contributed by atoms with Gasteiger partial charge in [-0.1, -0.05) is 24.3 Å². The van der Waals surface area contributed by atoms with Crippen LogP contribution in [0.2, 0.25) is 0 Å². The molecule has 0 aliphatic rings. The molecule has 0 aliphatic carbocycles. The van der Waals surface area contributed by atoms with Gasteiger partial charge in [0.2, 0.25) is 0 Å². The van der Waals surface area contributed by atoms with E-state index in [-0.39, 0.29) is 5.69 Å². The molecule has 0 spiro atoms. The second-order valence-electron chi connectivity index (χ2n) is 4.67. The van der Waals surface area contributed by atoms with Gasteiger partial charge in [0.25, 0.3) is 5.69 Å². The van der Waals surface area contributed by atoms with Crippen LogP contribution in [0.15, 0.2) is 48.5 Å². The highest BCUT2D eigenvalue weighted by Crippen LogP contribution is 2.23. The lowest BCUT2D eigenvalue weighted by Crippen LogP contribution is -2.17. The minimum atomic E-state index is -0.600. The van der Waals surface area contributed by atoms with E-state index in [2.05, 4.69) is 10.2 Å². The van der Waals surface area contributed by atoms with Gasteiger partial charge in [-0.15, -0.1) is 4.80 Å². The zero-order valence-electron chi connectivity index (χ0n) is 11.9. The number of benzene rings is 2. The van der Waals surface area contributed by atoms with Crippen molar-refractivity contribution >= 4 is 16.7 Å². The molecule has 0 aliphatic heterocycles. The molecule has 0 bridgehead atoms. The summed E-state index contributed by atoms with van der Waals surface area (Å²) in [7, 11) is 0. The summed E-state index contributed by atoms with van der Waals surface area (Å²) in [6, 6.07) is 13.8. The van der Waals surface area contributed by atoms with Gasteiger partial charge < -0.3 is 4.74 Å². The second-order valence-corrected chi connectivity index (χ2v) is 4.67. The van der Waals surface area contributed by atoms with Gasteiger partial charge in [-0.2, -0.15) is 10.2 Å². The fraction of sp³-hybridized carbons (Fsp3) is 0.200. The van der Waals surface area contributed by atoms with Crippen molar-refractivity contribution < 1.29 is 9.66 Å². The molecule has 22 heavy (non-hydrogen) atoms. The van der Waals surface area contributed by atoms with Gasteiger partial charge in [0.15, 0.2) is 6.23 Å². The van der Waals surface area contributed by atoms with Gasteiger partial charge >= 0.3 is 0 Å². The van der Waals surface area contributed by atoms with E-state index in [4.69, 9.17) is 4.74 Å². The van der Waals surface area contributed by atoms with E-state index in [1.807, 2.05) is 31.2 Å². The summed E-state index contributed by atoms with van der Waals surface area (Å²) in [6.07, 6.45) is -0.600. The van der Waals surface area contributed by atoms with Crippen LogP contribution < -0.4 is 0 Å². The minimum absolute atomic E-state index is 0.0129. The van der Waals surface area contributed by atoms with E-state index >= 15 is 0 Å². The Morgan fingerprint density at radius 1 is 1.18 bits per heavy atom. The van der Waals surface area contributed by atoms with Gasteiger partial charge in [0.05, 0.1) is 4.92 Å². The highest BCUT2D eigenvalue weighted by Gasteiger charge is 2.19. The van der Waals surface area contributed by atoms with E-state index in [1.54, 1.807) is 12.1 Å². The first-order valence-electron chi connectivity index (χ1n) is 6.86. The number of nitro benzene ring substituents is 1. The van der Waals surface area contributed by atoms with Crippen LogP contribution in [0.25, 0.3) is 11.0 Å². The van der Waals surface area contributed by atoms with Gasteiger partial charge in [-0.3, -0.25) is 10.1 Å². The van der Waals surface area contributed by atoms with Crippen molar-refractivity contribution in [3.63, 3.8) is 0 Å². The molecule has 112 valence electrons. The van der Waals surface area contributed by atoms with Crippen LogP contribution in [0.5, 0.6) is 0 Å². The molecule has 1 heterocycles. The largest absolute Gasteiger partial charge is 0.351 e. The first-order valence-corrected chi connectivity index (χ1v) is 6.86. The summed E-state index contributed by atoms with van der Waals surface area (Å²) in [5.74, 6) is 0. The summed E-state index contributed by atoms with van der Waals surface area (Å²) in [5.41, 5.74) is 2.14. The quantitative estimate of drug-likeness (QED) is 0.534. The standard InChI is InChI=1S/C15H14N4O3/c1-2-22-15(11-6-5-7-12(10-11)19(20)21)18-16-13-8-3-4-9-14(13)17-18/h3-10,15H,2H2,1H3. The maximum absolute atomic E-state index is 10.9. The van der Waals surface area contributed by atoms with E-state index < -0.39 is 11.2 Å². The molecule has 1 aromatic heterocycles. The normalized spacial score (nSPS) is 12.4. The second kappa shape index (κ2) is 5.90. The third kappa shape index (κ3) is 2.66. The molecule has 0 fully saturated rings. The smallest absolute Gasteiger partial charge is 0.269 e. The average molecular weight is 298 g/mol. The maximum Gasteiger partial charge on any atom is 0.269 e. The molecule has 3 aromatic rings. The maximum atomic E-state index is 10.9. The number of hydrogen-bond acceptors (Lipinski definition) is 5. The lowest BCUT2D eigenvalue weighted by molar-refractivity contribution is -0.385. The molecule has 7 heteroatoms. The Labute approximate surface area is 126 Å². The Balaban J connectivity index is 2.05. The molecule has 0 radical (unpaired) electrons.